The first kappa shape index (κ1) is 19.6. The standard InChI is InChI=1S/C15H16BrClN4O3S/c16-11-7-13(15(18)20-9-11)25(23,24)21-6-5-14(22)19-8-10-1-3-12(17)4-2-10/h1-4,7,9,21H,5-6,8H2,(H2,18,20)(H,19,22). The number of aromatic nitrogens is 1. The molecule has 0 aliphatic carbocycles. The molecule has 0 bridgehead atoms. The molecule has 0 saturated carbocycles. The van der Waals surface area contributed by atoms with Gasteiger partial charge >= 0.3 is 0 Å². The lowest BCUT2D eigenvalue weighted by molar-refractivity contribution is -0.121. The summed E-state index contributed by atoms with van der Waals surface area (Å²) in [4.78, 5) is 15.5. The number of hydrogen-bond donors (Lipinski definition) is 3. The van der Waals surface area contributed by atoms with Crippen molar-refractivity contribution >= 4 is 49.3 Å². The number of benzene rings is 1. The van der Waals surface area contributed by atoms with Gasteiger partial charge < -0.3 is 11.1 Å². The Morgan fingerprint density at radius 3 is 2.64 bits per heavy atom. The highest BCUT2D eigenvalue weighted by atomic mass is 79.9. The minimum atomic E-state index is -3.84. The van der Waals surface area contributed by atoms with Gasteiger partial charge in [0.2, 0.25) is 15.9 Å². The van der Waals surface area contributed by atoms with Gasteiger partial charge in [-0.25, -0.2) is 18.1 Å². The summed E-state index contributed by atoms with van der Waals surface area (Å²) >= 11 is 8.93. The van der Waals surface area contributed by atoms with Crippen molar-refractivity contribution in [3.63, 3.8) is 0 Å². The van der Waals surface area contributed by atoms with Crippen molar-refractivity contribution in [1.29, 1.82) is 0 Å². The molecule has 0 unspecified atom stereocenters. The highest BCUT2D eigenvalue weighted by molar-refractivity contribution is 9.10. The van der Waals surface area contributed by atoms with E-state index >= 15 is 0 Å². The third-order valence-electron chi connectivity index (χ3n) is 3.18. The average Bonchev–Trinajstić information content (AvgIpc) is 2.56. The fourth-order valence-corrected chi connectivity index (χ4v) is 3.66. The first-order chi connectivity index (χ1) is 11.8. The number of rotatable bonds is 7. The molecule has 1 aromatic heterocycles. The molecule has 1 amide bonds. The number of carbonyl (C=O) groups excluding carboxylic acids is 1. The second kappa shape index (κ2) is 8.61. The zero-order valence-electron chi connectivity index (χ0n) is 13.0. The maximum Gasteiger partial charge on any atom is 0.244 e. The number of sulfonamides is 1. The van der Waals surface area contributed by atoms with E-state index in [9.17, 15) is 13.2 Å². The van der Waals surface area contributed by atoms with E-state index in [4.69, 9.17) is 17.3 Å². The summed E-state index contributed by atoms with van der Waals surface area (Å²) in [6, 6.07) is 8.41. The monoisotopic (exact) mass is 446 g/mol. The number of anilines is 1. The van der Waals surface area contributed by atoms with Crippen molar-refractivity contribution < 1.29 is 13.2 Å². The molecule has 0 radical (unpaired) electrons. The number of nitrogens with one attached hydrogen (secondary N) is 2. The average molecular weight is 448 g/mol. The fraction of sp³-hybridized carbons (Fsp3) is 0.200. The molecule has 25 heavy (non-hydrogen) atoms. The van der Waals surface area contributed by atoms with Crippen molar-refractivity contribution in [1.82, 2.24) is 15.0 Å². The highest BCUT2D eigenvalue weighted by Gasteiger charge is 2.18. The number of pyridine rings is 1. The van der Waals surface area contributed by atoms with Gasteiger partial charge in [-0.2, -0.15) is 0 Å². The molecular formula is C15H16BrClN4O3S. The van der Waals surface area contributed by atoms with Crippen LogP contribution in [0.3, 0.4) is 0 Å². The van der Waals surface area contributed by atoms with Gasteiger partial charge in [0.25, 0.3) is 0 Å². The van der Waals surface area contributed by atoms with Crippen LogP contribution in [0.2, 0.25) is 5.02 Å². The lowest BCUT2D eigenvalue weighted by atomic mass is 10.2. The van der Waals surface area contributed by atoms with Gasteiger partial charge in [0, 0.05) is 35.2 Å². The van der Waals surface area contributed by atoms with Crippen LogP contribution in [0.15, 0.2) is 45.9 Å². The molecule has 0 saturated heterocycles. The Morgan fingerprint density at radius 2 is 1.96 bits per heavy atom. The Hall–Kier alpha value is -1.68. The fourth-order valence-electron chi connectivity index (χ4n) is 1.91. The van der Waals surface area contributed by atoms with E-state index in [2.05, 4.69) is 31.0 Å². The van der Waals surface area contributed by atoms with Crippen LogP contribution in [0.4, 0.5) is 5.82 Å². The van der Waals surface area contributed by atoms with Crippen LogP contribution < -0.4 is 15.8 Å². The molecule has 0 fully saturated rings. The predicted octanol–water partition coefficient (Wildman–Crippen LogP) is 2.06. The van der Waals surface area contributed by atoms with E-state index in [0.29, 0.717) is 16.0 Å². The van der Waals surface area contributed by atoms with E-state index in [0.717, 1.165) is 5.56 Å². The van der Waals surface area contributed by atoms with Crippen LogP contribution >= 0.6 is 27.5 Å². The van der Waals surface area contributed by atoms with Gasteiger partial charge in [-0.1, -0.05) is 23.7 Å². The minimum Gasteiger partial charge on any atom is -0.383 e. The van der Waals surface area contributed by atoms with Crippen LogP contribution in [0.1, 0.15) is 12.0 Å². The minimum absolute atomic E-state index is 0.00580. The van der Waals surface area contributed by atoms with Gasteiger partial charge in [-0.3, -0.25) is 4.79 Å². The van der Waals surface area contributed by atoms with Crippen LogP contribution in [-0.4, -0.2) is 25.9 Å². The Bertz CT molecular complexity index is 860. The third kappa shape index (κ3) is 5.96. The normalized spacial score (nSPS) is 11.3. The summed E-state index contributed by atoms with van der Waals surface area (Å²) in [7, 11) is -3.84. The zero-order valence-corrected chi connectivity index (χ0v) is 16.2. The van der Waals surface area contributed by atoms with Gasteiger partial charge in [-0.05, 0) is 39.7 Å². The molecule has 10 heteroatoms. The van der Waals surface area contributed by atoms with E-state index in [1.807, 2.05) is 0 Å². The molecule has 2 rings (SSSR count). The summed E-state index contributed by atoms with van der Waals surface area (Å²) in [5.41, 5.74) is 6.48. The van der Waals surface area contributed by atoms with Crippen LogP contribution in [0.5, 0.6) is 0 Å². The van der Waals surface area contributed by atoms with Gasteiger partial charge in [0.1, 0.15) is 10.7 Å². The molecular weight excluding hydrogens is 432 g/mol. The summed E-state index contributed by atoms with van der Waals surface area (Å²) in [5.74, 6) is -0.388. The second-order valence-corrected chi connectivity index (χ2v) is 8.18. The Morgan fingerprint density at radius 1 is 1.28 bits per heavy atom. The lowest BCUT2D eigenvalue weighted by Crippen LogP contribution is -2.31. The van der Waals surface area contributed by atoms with E-state index in [1.54, 1.807) is 24.3 Å². The van der Waals surface area contributed by atoms with Gasteiger partial charge in [-0.15, -0.1) is 0 Å². The molecule has 7 nitrogen and oxygen atoms in total. The quantitative estimate of drug-likeness (QED) is 0.601. The van der Waals surface area contributed by atoms with Crippen molar-refractivity contribution in [2.75, 3.05) is 12.3 Å². The van der Waals surface area contributed by atoms with Gasteiger partial charge in [0.05, 0.1) is 0 Å². The largest absolute Gasteiger partial charge is 0.383 e. The smallest absolute Gasteiger partial charge is 0.244 e. The van der Waals surface area contributed by atoms with E-state index in [-0.39, 0.29) is 29.6 Å². The van der Waals surface area contributed by atoms with Gasteiger partial charge in [0.15, 0.2) is 0 Å². The lowest BCUT2D eigenvalue weighted by Gasteiger charge is -2.09. The van der Waals surface area contributed by atoms with Crippen molar-refractivity contribution in [2.24, 2.45) is 0 Å². The topological polar surface area (TPSA) is 114 Å². The second-order valence-electron chi connectivity index (χ2n) is 5.09. The zero-order chi connectivity index (χ0) is 18.4. The molecule has 1 aromatic carbocycles. The van der Waals surface area contributed by atoms with Crippen LogP contribution in [-0.2, 0) is 21.4 Å². The number of halogens is 2. The Kier molecular flexibility index (Phi) is 6.77. The highest BCUT2D eigenvalue weighted by Crippen LogP contribution is 2.20. The van der Waals surface area contributed by atoms with Crippen LogP contribution in [0, 0.1) is 0 Å². The molecule has 0 aliphatic heterocycles. The van der Waals surface area contributed by atoms with Crippen molar-refractivity contribution in [3.8, 4) is 0 Å². The SMILES string of the molecule is Nc1ncc(Br)cc1S(=O)(=O)NCCC(=O)NCc1ccc(Cl)cc1. The van der Waals surface area contributed by atoms with Crippen LogP contribution in [0.25, 0.3) is 0 Å². The molecule has 0 atom stereocenters. The molecule has 1 heterocycles. The molecule has 0 spiro atoms. The maximum atomic E-state index is 12.2. The number of nitrogens with zero attached hydrogens (tertiary/aromatic N) is 1. The van der Waals surface area contributed by atoms with Crippen molar-refractivity contribution in [2.45, 2.75) is 17.9 Å². The Labute approximate surface area is 159 Å². The molecule has 2 aromatic rings. The summed E-state index contributed by atoms with van der Waals surface area (Å²) < 4.78 is 27.2. The summed E-state index contributed by atoms with van der Waals surface area (Å²) in [5, 5.41) is 3.32. The number of amides is 1. The Balaban J connectivity index is 1.83. The summed E-state index contributed by atoms with van der Waals surface area (Å²) in [6.45, 7) is 0.284. The molecule has 134 valence electrons. The van der Waals surface area contributed by atoms with E-state index in [1.165, 1.54) is 12.3 Å². The number of hydrogen-bond acceptors (Lipinski definition) is 5. The van der Waals surface area contributed by atoms with E-state index < -0.39 is 10.0 Å². The first-order valence-corrected chi connectivity index (χ1v) is 9.85. The predicted molar refractivity (Wildman–Crippen MR) is 99.5 cm³/mol. The molecule has 4 N–H and O–H groups in total. The number of carbonyl (C=O) groups is 1. The maximum absolute atomic E-state index is 12.2. The molecule has 0 aliphatic rings. The van der Waals surface area contributed by atoms with Crippen molar-refractivity contribution in [3.05, 3.63) is 51.6 Å². The number of nitrogens with two attached hydrogens (primary N) is 1. The first-order valence-electron chi connectivity index (χ1n) is 7.20. The number of nitrogen functional groups attached to an aromatic ring is 1. The third-order valence-corrected chi connectivity index (χ3v) is 5.36. The summed E-state index contributed by atoms with van der Waals surface area (Å²) in [6.07, 6.45) is 1.40.